The van der Waals surface area contributed by atoms with Crippen molar-refractivity contribution >= 4 is 21.5 Å². The molecular formula is C28H20O6. The second-order valence-corrected chi connectivity index (χ2v) is 8.77. The van der Waals surface area contributed by atoms with Crippen LogP contribution in [0.4, 0.5) is 0 Å². The zero-order chi connectivity index (χ0) is 23.8. The molecule has 6 heteroatoms. The van der Waals surface area contributed by atoms with Crippen LogP contribution in [0.25, 0.3) is 21.5 Å². The van der Waals surface area contributed by atoms with Crippen LogP contribution in [0.2, 0.25) is 0 Å². The first-order valence-corrected chi connectivity index (χ1v) is 10.7. The van der Waals surface area contributed by atoms with Crippen molar-refractivity contribution in [1.82, 2.24) is 0 Å². The maximum atomic E-state index is 11.0. The van der Waals surface area contributed by atoms with Gasteiger partial charge in [0.15, 0.2) is 0 Å². The highest BCUT2D eigenvalue weighted by atomic mass is 16.5. The number of phenolic OH excluding ortho intramolecular Hbond substituents is 5. The van der Waals surface area contributed by atoms with Crippen molar-refractivity contribution in [3.8, 4) is 40.2 Å². The lowest BCUT2D eigenvalue weighted by Gasteiger charge is -2.40. The molecule has 0 radical (unpaired) electrons. The molecule has 0 amide bonds. The first-order valence-electron chi connectivity index (χ1n) is 10.7. The Kier molecular flexibility index (Phi) is 3.96. The number of hydrogen-bond acceptors (Lipinski definition) is 6. The molecule has 0 spiro atoms. The van der Waals surface area contributed by atoms with Crippen molar-refractivity contribution < 1.29 is 30.3 Å². The predicted octanol–water partition coefficient (Wildman–Crippen LogP) is 5.98. The van der Waals surface area contributed by atoms with Gasteiger partial charge in [0.2, 0.25) is 0 Å². The molecule has 5 aromatic rings. The summed E-state index contributed by atoms with van der Waals surface area (Å²) in [5.41, 5.74) is 0.443. The minimum Gasteiger partial charge on any atom is -0.508 e. The van der Waals surface area contributed by atoms with Gasteiger partial charge in [-0.2, -0.15) is 0 Å². The molecule has 0 atom stereocenters. The molecule has 1 aliphatic heterocycles. The van der Waals surface area contributed by atoms with E-state index >= 15 is 0 Å². The highest BCUT2D eigenvalue weighted by Crippen LogP contribution is 2.59. The molecule has 34 heavy (non-hydrogen) atoms. The Bertz CT molecular complexity index is 1540. The lowest BCUT2D eigenvalue weighted by atomic mass is 9.66. The first-order chi connectivity index (χ1) is 16.3. The van der Waals surface area contributed by atoms with E-state index < -0.39 is 5.41 Å². The third-order valence-electron chi connectivity index (χ3n) is 6.73. The van der Waals surface area contributed by atoms with Gasteiger partial charge in [-0.25, -0.2) is 0 Å². The highest BCUT2D eigenvalue weighted by molar-refractivity contribution is 5.97. The van der Waals surface area contributed by atoms with E-state index in [0.717, 1.165) is 21.5 Å². The summed E-state index contributed by atoms with van der Waals surface area (Å²) >= 11 is 0. The van der Waals surface area contributed by atoms with Gasteiger partial charge < -0.3 is 30.3 Å². The van der Waals surface area contributed by atoms with Crippen molar-refractivity contribution in [2.24, 2.45) is 0 Å². The standard InChI is InChI=1S/C28H20O6/c1-28(27-21(32)12-18(31)13-22(27)33)25-19-6-4-16(29)10-14(19)2-8-23(25)34-24-9-3-15-11-17(30)5-7-20(15)26(24)28/h2-13,29-33H,1H3. The average molecular weight is 452 g/mol. The maximum absolute atomic E-state index is 11.0. The summed E-state index contributed by atoms with van der Waals surface area (Å²) < 4.78 is 6.34. The number of phenols is 5. The Labute approximate surface area is 194 Å². The zero-order valence-corrected chi connectivity index (χ0v) is 18.1. The van der Waals surface area contributed by atoms with E-state index in [2.05, 4.69) is 0 Å². The van der Waals surface area contributed by atoms with Gasteiger partial charge in [-0.05, 0) is 64.9 Å². The summed E-state index contributed by atoms with van der Waals surface area (Å²) in [6.45, 7) is 1.89. The molecule has 6 rings (SSSR count). The van der Waals surface area contributed by atoms with E-state index in [9.17, 15) is 25.5 Å². The molecule has 0 aromatic heterocycles. The largest absolute Gasteiger partial charge is 0.508 e. The Balaban J connectivity index is 1.84. The molecule has 0 bridgehead atoms. The van der Waals surface area contributed by atoms with Crippen LogP contribution in [0.3, 0.4) is 0 Å². The molecule has 5 aromatic carbocycles. The molecule has 168 valence electrons. The normalized spacial score (nSPS) is 13.9. The molecule has 0 saturated heterocycles. The Morgan fingerprint density at radius 2 is 1.00 bits per heavy atom. The fourth-order valence-corrected chi connectivity index (χ4v) is 5.40. The molecule has 0 aliphatic carbocycles. The van der Waals surface area contributed by atoms with Gasteiger partial charge in [-0.15, -0.1) is 0 Å². The van der Waals surface area contributed by atoms with Crippen LogP contribution in [-0.2, 0) is 5.41 Å². The monoisotopic (exact) mass is 452 g/mol. The van der Waals surface area contributed by atoms with Gasteiger partial charge in [0.1, 0.15) is 40.2 Å². The van der Waals surface area contributed by atoms with Gasteiger partial charge in [0, 0.05) is 23.3 Å². The number of hydrogen-bond donors (Lipinski definition) is 5. The summed E-state index contributed by atoms with van der Waals surface area (Å²) in [7, 11) is 0. The Morgan fingerprint density at radius 1 is 0.529 bits per heavy atom. The molecule has 1 aliphatic rings. The van der Waals surface area contributed by atoms with E-state index in [-0.39, 0.29) is 34.3 Å². The lowest BCUT2D eigenvalue weighted by Crippen LogP contribution is -2.30. The summed E-state index contributed by atoms with van der Waals surface area (Å²) in [6.07, 6.45) is 0. The molecule has 5 N–H and O–H groups in total. The molecule has 0 unspecified atom stereocenters. The molecule has 1 heterocycles. The van der Waals surface area contributed by atoms with Gasteiger partial charge in [-0.3, -0.25) is 0 Å². The van der Waals surface area contributed by atoms with Crippen LogP contribution in [0.5, 0.6) is 40.2 Å². The van der Waals surface area contributed by atoms with E-state index in [0.29, 0.717) is 22.6 Å². The number of ether oxygens (including phenoxy) is 1. The molecule has 0 fully saturated rings. The van der Waals surface area contributed by atoms with Gasteiger partial charge in [-0.1, -0.05) is 24.3 Å². The van der Waals surface area contributed by atoms with Crippen LogP contribution in [0.1, 0.15) is 23.6 Å². The van der Waals surface area contributed by atoms with Crippen molar-refractivity contribution in [2.75, 3.05) is 0 Å². The first kappa shape index (κ1) is 20.1. The highest BCUT2D eigenvalue weighted by Gasteiger charge is 2.45. The lowest BCUT2D eigenvalue weighted by molar-refractivity contribution is 0.391. The number of rotatable bonds is 1. The smallest absolute Gasteiger partial charge is 0.132 e. The van der Waals surface area contributed by atoms with E-state index in [4.69, 9.17) is 4.74 Å². The maximum Gasteiger partial charge on any atom is 0.132 e. The van der Waals surface area contributed by atoms with Gasteiger partial charge in [0.25, 0.3) is 0 Å². The number of benzene rings is 5. The topological polar surface area (TPSA) is 110 Å². The predicted molar refractivity (Wildman–Crippen MR) is 128 cm³/mol. The van der Waals surface area contributed by atoms with Crippen molar-refractivity contribution in [3.05, 3.63) is 89.5 Å². The SMILES string of the molecule is CC1(c2c(O)cc(O)cc2O)c2c(ccc3cc(O)ccc23)Oc2ccc3cc(O)ccc3c21. The summed E-state index contributed by atoms with van der Waals surface area (Å²) in [5, 5.41) is 55.2. The molecule has 0 saturated carbocycles. The quantitative estimate of drug-likeness (QED) is 0.214. The fourth-order valence-electron chi connectivity index (χ4n) is 5.40. The van der Waals surface area contributed by atoms with Crippen LogP contribution < -0.4 is 4.74 Å². The fraction of sp³-hybridized carbons (Fsp3) is 0.0714. The van der Waals surface area contributed by atoms with Gasteiger partial charge in [0.05, 0.1) is 11.0 Å². The van der Waals surface area contributed by atoms with E-state index in [1.807, 2.05) is 19.1 Å². The van der Waals surface area contributed by atoms with Crippen LogP contribution in [0.15, 0.2) is 72.8 Å². The summed E-state index contributed by atoms with van der Waals surface area (Å²) in [6, 6.07) is 19.7. The minimum atomic E-state index is -1.14. The third kappa shape index (κ3) is 2.62. The third-order valence-corrected chi connectivity index (χ3v) is 6.73. The van der Waals surface area contributed by atoms with Crippen LogP contribution >= 0.6 is 0 Å². The second kappa shape index (κ2) is 6.71. The minimum absolute atomic E-state index is 0.113. The van der Waals surface area contributed by atoms with E-state index in [1.165, 1.54) is 12.1 Å². The second-order valence-electron chi connectivity index (χ2n) is 8.77. The summed E-state index contributed by atoms with van der Waals surface area (Å²) in [4.78, 5) is 0. The van der Waals surface area contributed by atoms with E-state index in [1.54, 1.807) is 48.5 Å². The molecule has 6 nitrogen and oxygen atoms in total. The average Bonchev–Trinajstić information content (AvgIpc) is 2.77. The molecular weight excluding hydrogens is 432 g/mol. The van der Waals surface area contributed by atoms with Crippen LogP contribution in [-0.4, -0.2) is 25.5 Å². The number of aromatic hydroxyl groups is 5. The van der Waals surface area contributed by atoms with Crippen molar-refractivity contribution in [1.29, 1.82) is 0 Å². The number of fused-ring (bicyclic) bond motifs is 6. The summed E-state index contributed by atoms with van der Waals surface area (Å²) in [5.74, 6) is 0.498. The van der Waals surface area contributed by atoms with Crippen molar-refractivity contribution in [3.63, 3.8) is 0 Å². The zero-order valence-electron chi connectivity index (χ0n) is 18.1. The van der Waals surface area contributed by atoms with Crippen molar-refractivity contribution in [2.45, 2.75) is 12.3 Å². The Hall–Kier alpha value is -4.58. The van der Waals surface area contributed by atoms with Crippen LogP contribution in [0, 0.1) is 0 Å². The Morgan fingerprint density at radius 3 is 1.47 bits per heavy atom. The van der Waals surface area contributed by atoms with Gasteiger partial charge >= 0.3 is 0 Å².